The van der Waals surface area contributed by atoms with Gasteiger partial charge in [-0.1, -0.05) is 0 Å². The summed E-state index contributed by atoms with van der Waals surface area (Å²) < 4.78 is 4.41. The van der Waals surface area contributed by atoms with Crippen molar-refractivity contribution in [2.24, 2.45) is 0 Å². The van der Waals surface area contributed by atoms with Crippen LogP contribution in [0.1, 0.15) is 6.92 Å². The maximum absolute atomic E-state index is 10.2. The Hall–Kier alpha value is 1.41. The van der Waals surface area contributed by atoms with Gasteiger partial charge in [-0.15, -0.1) is 17.5 Å². The summed E-state index contributed by atoms with van der Waals surface area (Å²) in [4.78, 5) is 10.2. The van der Waals surface area contributed by atoms with Crippen LogP contribution in [0.3, 0.4) is 0 Å². The van der Waals surface area contributed by atoms with Gasteiger partial charge in [0.05, 0.1) is 0 Å². The number of hydrogen-bond acceptors (Lipinski definition) is 4. The Kier molecular flexibility index (Phi) is 7.91. The van der Waals surface area contributed by atoms with Gasteiger partial charge in [-0.2, -0.15) is 0 Å². The van der Waals surface area contributed by atoms with Crippen LogP contribution in [0.5, 0.6) is 0 Å². The molecule has 0 saturated carbocycles. The first-order chi connectivity index (χ1) is 3.06. The maximum atomic E-state index is 10.2. The standard InChI is InChI=1S/C2H7O2PS2.Ni/c1-2-4-5(3,6)7;/h2H2,1H3,(H2,3,6,7);/q;+2/p-2. The minimum absolute atomic E-state index is 0. The third-order valence-corrected chi connectivity index (χ3v) is 1.49. The quantitative estimate of drug-likeness (QED) is 0.372. The molecule has 0 aliphatic carbocycles. The normalized spacial score (nSPS) is 16.4. The smallest absolute Gasteiger partial charge is 0.819 e. The fourth-order valence-corrected chi connectivity index (χ4v) is 1.11. The van der Waals surface area contributed by atoms with E-state index in [1.807, 2.05) is 0 Å². The Morgan fingerprint density at radius 1 is 1.88 bits per heavy atom. The van der Waals surface area contributed by atoms with Crippen LogP contribution in [0.4, 0.5) is 0 Å². The first-order valence-corrected chi connectivity index (χ1v) is 5.38. The minimum Gasteiger partial charge on any atom is -0.819 e. The molecule has 8 heavy (non-hydrogen) atoms. The van der Waals surface area contributed by atoms with E-state index < -0.39 is 5.69 Å². The van der Waals surface area contributed by atoms with Crippen LogP contribution >= 0.6 is 5.69 Å². The molecule has 0 saturated heterocycles. The summed E-state index contributed by atoms with van der Waals surface area (Å²) in [7, 11) is 0. The second kappa shape index (κ2) is 5.22. The van der Waals surface area contributed by atoms with Gasteiger partial charge in [-0.3, -0.25) is 0 Å². The monoisotopic (exact) mass is 214 g/mol. The van der Waals surface area contributed by atoms with Crippen molar-refractivity contribution < 1.29 is 25.9 Å². The van der Waals surface area contributed by atoms with E-state index in [1.165, 1.54) is 0 Å². The Morgan fingerprint density at radius 2 is 2.25 bits per heavy atom. The molecular formula is C2H5NiO2PS2. The van der Waals surface area contributed by atoms with Gasteiger partial charge in [0.2, 0.25) is 0 Å². The van der Waals surface area contributed by atoms with Crippen LogP contribution in [0, 0.1) is 0 Å². The molecule has 0 spiro atoms. The van der Waals surface area contributed by atoms with Gasteiger partial charge in [0.25, 0.3) is 0 Å². The zero-order valence-corrected chi connectivity index (χ0v) is 7.62. The van der Waals surface area contributed by atoms with E-state index in [9.17, 15) is 4.89 Å². The van der Waals surface area contributed by atoms with Crippen molar-refractivity contribution in [3.8, 4) is 0 Å². The summed E-state index contributed by atoms with van der Waals surface area (Å²) >= 11 is 8.46. The molecule has 0 amide bonds. The molecule has 0 radical (unpaired) electrons. The van der Waals surface area contributed by atoms with E-state index in [2.05, 4.69) is 28.6 Å². The molecule has 1 atom stereocenters. The maximum Gasteiger partial charge on any atom is 2.00 e. The van der Waals surface area contributed by atoms with E-state index in [0.29, 0.717) is 6.61 Å². The Morgan fingerprint density at radius 3 is 2.25 bits per heavy atom. The van der Waals surface area contributed by atoms with Gasteiger partial charge in [0.1, 0.15) is 0 Å². The molecule has 0 fully saturated rings. The van der Waals surface area contributed by atoms with Crippen LogP contribution in [0.2, 0.25) is 0 Å². The molecule has 52 valence electrons. The van der Waals surface area contributed by atoms with Crippen molar-refractivity contribution >= 4 is 29.7 Å². The van der Waals surface area contributed by atoms with Gasteiger partial charge in [0.15, 0.2) is 0 Å². The topological polar surface area (TPSA) is 32.3 Å². The molecule has 0 aliphatic rings. The zero-order chi connectivity index (χ0) is 5.91. The van der Waals surface area contributed by atoms with E-state index in [-0.39, 0.29) is 16.5 Å². The number of hydrogen-bond donors (Lipinski definition) is 0. The fourth-order valence-electron chi connectivity index (χ4n) is 0.158. The SMILES string of the molecule is CCOP([O-])(=S)[S-].[Ni+2]. The first kappa shape index (κ1) is 12.1. The predicted molar refractivity (Wildman–Crippen MR) is 33.3 cm³/mol. The Balaban J connectivity index is 0. The summed E-state index contributed by atoms with van der Waals surface area (Å²) in [6, 6.07) is 0. The largest absolute Gasteiger partial charge is 2.00 e. The van der Waals surface area contributed by atoms with Crippen molar-refractivity contribution in [1.82, 2.24) is 0 Å². The number of rotatable bonds is 2. The third-order valence-electron chi connectivity index (χ3n) is 0.287. The summed E-state index contributed by atoms with van der Waals surface area (Å²) in [5.74, 6) is 0. The second-order valence-electron chi connectivity index (χ2n) is 0.865. The van der Waals surface area contributed by atoms with Crippen molar-refractivity contribution in [2.45, 2.75) is 6.92 Å². The molecule has 0 aromatic heterocycles. The Bertz CT molecular complexity index is 92.0. The molecule has 0 heterocycles. The molecule has 0 rings (SSSR count). The molecule has 0 aliphatic heterocycles. The molecule has 0 bridgehead atoms. The van der Waals surface area contributed by atoms with Crippen LogP contribution in [0.25, 0.3) is 0 Å². The van der Waals surface area contributed by atoms with E-state index in [4.69, 9.17) is 0 Å². The van der Waals surface area contributed by atoms with Crippen LogP contribution in [-0.4, -0.2) is 6.61 Å². The molecular weight excluding hydrogens is 210 g/mol. The van der Waals surface area contributed by atoms with Crippen molar-refractivity contribution in [3.63, 3.8) is 0 Å². The van der Waals surface area contributed by atoms with E-state index >= 15 is 0 Å². The second-order valence-corrected chi connectivity index (χ2v) is 5.60. The summed E-state index contributed by atoms with van der Waals surface area (Å²) in [5, 5.41) is 0. The van der Waals surface area contributed by atoms with Gasteiger partial charge < -0.3 is 21.7 Å². The van der Waals surface area contributed by atoms with E-state index in [0.717, 1.165) is 0 Å². The van der Waals surface area contributed by atoms with Crippen molar-refractivity contribution in [1.29, 1.82) is 0 Å². The van der Waals surface area contributed by atoms with Crippen molar-refractivity contribution in [3.05, 3.63) is 0 Å². The third kappa shape index (κ3) is 10.4. The van der Waals surface area contributed by atoms with Gasteiger partial charge in [-0.25, -0.2) is 0 Å². The fraction of sp³-hybridized carbons (Fsp3) is 1.00. The molecule has 0 N–H and O–H groups in total. The average Bonchev–Trinajstić information content (AvgIpc) is 1.30. The summed E-state index contributed by atoms with van der Waals surface area (Å²) in [5.41, 5.74) is -3.00. The zero-order valence-electron chi connectivity index (χ0n) is 4.10. The molecule has 6 heteroatoms. The van der Waals surface area contributed by atoms with Crippen LogP contribution < -0.4 is 4.89 Å². The molecule has 1 unspecified atom stereocenters. The van der Waals surface area contributed by atoms with Gasteiger partial charge in [0, 0.05) is 6.61 Å². The first-order valence-electron chi connectivity index (χ1n) is 1.73. The average molecular weight is 215 g/mol. The van der Waals surface area contributed by atoms with Crippen LogP contribution in [-0.2, 0) is 45.1 Å². The molecule has 0 aromatic carbocycles. The Labute approximate surface area is 69.3 Å². The van der Waals surface area contributed by atoms with Crippen molar-refractivity contribution in [2.75, 3.05) is 6.61 Å². The molecule has 2 nitrogen and oxygen atoms in total. The van der Waals surface area contributed by atoms with Crippen LogP contribution in [0.15, 0.2) is 0 Å². The van der Waals surface area contributed by atoms with Gasteiger partial charge in [-0.05, 0) is 6.92 Å². The predicted octanol–water partition coefficient (Wildman–Crippen LogP) is 0.152. The molecule has 0 aromatic rings. The minimum atomic E-state index is -3.00. The van der Waals surface area contributed by atoms with Gasteiger partial charge >= 0.3 is 16.5 Å². The summed E-state index contributed by atoms with van der Waals surface area (Å²) in [6.45, 7) is 2.04. The van der Waals surface area contributed by atoms with E-state index in [1.54, 1.807) is 6.92 Å². The summed E-state index contributed by atoms with van der Waals surface area (Å²) in [6.07, 6.45) is 0.